The molecular weight excluding hydrogens is 466 g/mol. The minimum Gasteiger partial charge on any atom is -0.486 e. The summed E-state index contributed by atoms with van der Waals surface area (Å²) in [6.07, 6.45) is 2.22. The summed E-state index contributed by atoms with van der Waals surface area (Å²) in [5.74, 6) is 0.612. The first-order chi connectivity index (χ1) is 16.7. The van der Waals surface area contributed by atoms with Gasteiger partial charge in [0.15, 0.2) is 5.75 Å². The molecule has 8 nitrogen and oxygen atoms in total. The standard InChI is InChI=1S/C26H35N3O5S/c1-18-14-29(19(2)17-30)26(31)22-10-7-11-23(27-35(32,33)21-8-5-4-6-9-21)25(22)34-24(18)16-28(3)15-20-12-13-20/h4-11,18-20,24,27,30H,12-17H2,1-3H3/t18-,19-,24-/m1/s1. The van der Waals surface area contributed by atoms with Gasteiger partial charge in [0.2, 0.25) is 0 Å². The monoisotopic (exact) mass is 501 g/mol. The summed E-state index contributed by atoms with van der Waals surface area (Å²) >= 11 is 0. The second-order valence-electron chi connectivity index (χ2n) is 9.89. The SMILES string of the molecule is C[C@@H]1CN([C@H](C)CO)C(=O)c2cccc(NS(=O)(=O)c3ccccc3)c2O[C@@H]1CN(C)CC1CC1. The summed E-state index contributed by atoms with van der Waals surface area (Å²) in [5, 5.41) is 9.83. The van der Waals surface area contributed by atoms with Crippen LogP contribution in [-0.4, -0.2) is 74.7 Å². The molecule has 0 radical (unpaired) electrons. The lowest BCUT2D eigenvalue weighted by molar-refractivity contribution is 0.0346. The van der Waals surface area contributed by atoms with Crippen LogP contribution in [0.4, 0.5) is 5.69 Å². The Morgan fingerprint density at radius 2 is 1.86 bits per heavy atom. The Hall–Kier alpha value is -2.62. The fourth-order valence-corrected chi connectivity index (χ4v) is 5.55. The van der Waals surface area contributed by atoms with E-state index in [1.165, 1.54) is 25.0 Å². The van der Waals surface area contributed by atoms with E-state index in [0.29, 0.717) is 13.1 Å². The van der Waals surface area contributed by atoms with Crippen molar-refractivity contribution in [1.82, 2.24) is 9.80 Å². The number of likely N-dealkylation sites (N-methyl/N-ethyl adjacent to an activating group) is 1. The number of nitrogens with zero attached hydrogens (tertiary/aromatic N) is 2. The van der Waals surface area contributed by atoms with Crippen molar-refractivity contribution in [2.75, 3.05) is 38.0 Å². The molecule has 3 atom stereocenters. The first-order valence-electron chi connectivity index (χ1n) is 12.2. The van der Waals surface area contributed by atoms with E-state index >= 15 is 0 Å². The number of hydrogen-bond donors (Lipinski definition) is 2. The molecule has 1 aliphatic carbocycles. The molecule has 1 heterocycles. The largest absolute Gasteiger partial charge is 0.486 e. The van der Waals surface area contributed by atoms with Crippen molar-refractivity contribution in [2.45, 2.75) is 43.7 Å². The summed E-state index contributed by atoms with van der Waals surface area (Å²) < 4.78 is 35.3. The van der Waals surface area contributed by atoms with Crippen LogP contribution in [0.15, 0.2) is 53.4 Å². The van der Waals surface area contributed by atoms with Gasteiger partial charge >= 0.3 is 0 Å². The predicted molar refractivity (Wildman–Crippen MR) is 135 cm³/mol. The highest BCUT2D eigenvalue weighted by Gasteiger charge is 2.35. The van der Waals surface area contributed by atoms with Gasteiger partial charge in [0.25, 0.3) is 15.9 Å². The number of aliphatic hydroxyl groups excluding tert-OH is 1. The maximum atomic E-state index is 13.6. The van der Waals surface area contributed by atoms with Crippen molar-refractivity contribution in [3.05, 3.63) is 54.1 Å². The third-order valence-electron chi connectivity index (χ3n) is 6.75. The van der Waals surface area contributed by atoms with Gasteiger partial charge in [-0.2, -0.15) is 0 Å². The number of carbonyl (C=O) groups is 1. The third kappa shape index (κ3) is 5.97. The van der Waals surface area contributed by atoms with Gasteiger partial charge in [-0.15, -0.1) is 0 Å². The number of fused-ring (bicyclic) bond motifs is 1. The van der Waals surface area contributed by atoms with E-state index in [0.717, 1.165) is 12.5 Å². The van der Waals surface area contributed by atoms with Crippen molar-refractivity contribution < 1.29 is 23.1 Å². The Kier molecular flexibility index (Phi) is 7.68. The molecule has 2 aromatic carbocycles. The number of para-hydroxylation sites is 1. The lowest BCUT2D eigenvalue weighted by atomic mass is 9.99. The zero-order valence-electron chi connectivity index (χ0n) is 20.6. The number of aliphatic hydroxyl groups is 1. The van der Waals surface area contributed by atoms with Crippen LogP contribution in [0.25, 0.3) is 0 Å². The second-order valence-corrected chi connectivity index (χ2v) is 11.6. The molecule has 0 saturated heterocycles. The topological polar surface area (TPSA) is 99.2 Å². The van der Waals surface area contributed by atoms with Gasteiger partial charge in [0, 0.05) is 25.6 Å². The van der Waals surface area contributed by atoms with E-state index in [1.54, 1.807) is 41.3 Å². The molecule has 0 bridgehead atoms. The second kappa shape index (κ2) is 10.6. The lowest BCUT2D eigenvalue weighted by Crippen LogP contribution is -2.50. The van der Waals surface area contributed by atoms with Gasteiger partial charge in [-0.3, -0.25) is 9.52 Å². The molecule has 1 aliphatic heterocycles. The number of hydrogen-bond acceptors (Lipinski definition) is 6. The molecule has 1 amide bonds. The Bertz CT molecular complexity index is 1140. The number of nitrogens with one attached hydrogen (secondary N) is 1. The van der Waals surface area contributed by atoms with E-state index in [1.807, 2.05) is 13.8 Å². The number of rotatable bonds is 9. The zero-order chi connectivity index (χ0) is 25.2. The summed E-state index contributed by atoms with van der Waals surface area (Å²) in [6.45, 7) is 5.73. The van der Waals surface area contributed by atoms with E-state index in [4.69, 9.17) is 4.74 Å². The molecule has 2 aliphatic rings. The number of anilines is 1. The van der Waals surface area contributed by atoms with Crippen LogP contribution in [-0.2, 0) is 10.0 Å². The Labute approximate surface area is 207 Å². The fraction of sp³-hybridized carbons (Fsp3) is 0.500. The van der Waals surface area contributed by atoms with Gasteiger partial charge in [-0.25, -0.2) is 8.42 Å². The first kappa shape index (κ1) is 25.5. The first-order valence-corrected chi connectivity index (χ1v) is 13.7. The number of amides is 1. The van der Waals surface area contributed by atoms with E-state index in [-0.39, 0.29) is 52.5 Å². The van der Waals surface area contributed by atoms with E-state index in [9.17, 15) is 18.3 Å². The summed E-state index contributed by atoms with van der Waals surface area (Å²) in [5.41, 5.74) is 0.501. The normalized spacial score (nSPS) is 21.6. The van der Waals surface area contributed by atoms with Crippen molar-refractivity contribution in [3.63, 3.8) is 0 Å². The maximum absolute atomic E-state index is 13.6. The van der Waals surface area contributed by atoms with Gasteiger partial charge < -0.3 is 19.6 Å². The van der Waals surface area contributed by atoms with Crippen LogP contribution in [0.3, 0.4) is 0 Å². The minimum absolute atomic E-state index is 0.0402. The number of benzene rings is 2. The van der Waals surface area contributed by atoms with Crippen LogP contribution >= 0.6 is 0 Å². The third-order valence-corrected chi connectivity index (χ3v) is 8.13. The van der Waals surface area contributed by atoms with Crippen LogP contribution < -0.4 is 9.46 Å². The zero-order valence-corrected chi connectivity index (χ0v) is 21.4. The quantitative estimate of drug-likeness (QED) is 0.548. The minimum atomic E-state index is -3.89. The molecule has 2 N–H and O–H groups in total. The van der Waals surface area contributed by atoms with Crippen molar-refractivity contribution >= 4 is 21.6 Å². The number of ether oxygens (including phenoxy) is 1. The summed E-state index contributed by atoms with van der Waals surface area (Å²) in [6, 6.07) is 12.6. The van der Waals surface area contributed by atoms with Gasteiger partial charge in [0.05, 0.1) is 28.8 Å². The highest BCUT2D eigenvalue weighted by molar-refractivity contribution is 7.92. The average Bonchev–Trinajstić information content (AvgIpc) is 3.65. The maximum Gasteiger partial charge on any atom is 0.262 e. The molecule has 0 unspecified atom stereocenters. The van der Waals surface area contributed by atoms with Crippen LogP contribution in [0.5, 0.6) is 5.75 Å². The van der Waals surface area contributed by atoms with Crippen LogP contribution in [0.2, 0.25) is 0 Å². The molecular formula is C26H35N3O5S. The number of sulfonamides is 1. The van der Waals surface area contributed by atoms with Crippen molar-refractivity contribution in [3.8, 4) is 5.75 Å². The van der Waals surface area contributed by atoms with Gasteiger partial charge in [-0.05, 0) is 57.0 Å². The van der Waals surface area contributed by atoms with Crippen LogP contribution in [0.1, 0.15) is 37.0 Å². The highest BCUT2D eigenvalue weighted by Crippen LogP contribution is 2.36. The Balaban J connectivity index is 1.72. The smallest absolute Gasteiger partial charge is 0.262 e. The Morgan fingerprint density at radius 1 is 1.14 bits per heavy atom. The van der Waals surface area contributed by atoms with E-state index in [2.05, 4.69) is 16.7 Å². The van der Waals surface area contributed by atoms with Crippen molar-refractivity contribution in [1.29, 1.82) is 0 Å². The predicted octanol–water partition coefficient (Wildman–Crippen LogP) is 3.05. The molecule has 2 aromatic rings. The molecule has 9 heteroatoms. The van der Waals surface area contributed by atoms with E-state index < -0.39 is 10.0 Å². The molecule has 0 spiro atoms. The molecule has 190 valence electrons. The van der Waals surface area contributed by atoms with Gasteiger partial charge in [-0.1, -0.05) is 31.2 Å². The molecule has 1 fully saturated rings. The Morgan fingerprint density at radius 3 is 2.51 bits per heavy atom. The summed E-state index contributed by atoms with van der Waals surface area (Å²) in [4.78, 5) is 17.6. The van der Waals surface area contributed by atoms with Crippen molar-refractivity contribution in [2.24, 2.45) is 11.8 Å². The highest BCUT2D eigenvalue weighted by atomic mass is 32.2. The summed E-state index contributed by atoms with van der Waals surface area (Å²) in [7, 11) is -1.82. The fourth-order valence-electron chi connectivity index (χ4n) is 4.47. The average molecular weight is 502 g/mol. The molecule has 35 heavy (non-hydrogen) atoms. The molecule has 1 saturated carbocycles. The van der Waals surface area contributed by atoms with Crippen LogP contribution in [0, 0.1) is 11.8 Å². The number of carbonyl (C=O) groups excluding carboxylic acids is 1. The molecule has 0 aromatic heterocycles. The lowest BCUT2D eigenvalue weighted by Gasteiger charge is -2.38. The molecule has 4 rings (SSSR count). The van der Waals surface area contributed by atoms with Gasteiger partial charge in [0.1, 0.15) is 6.10 Å².